The number of rotatable bonds is 2. The summed E-state index contributed by atoms with van der Waals surface area (Å²) in [5, 5.41) is 0. The van der Waals surface area contributed by atoms with Crippen LogP contribution in [-0.2, 0) is 4.79 Å². The molecule has 2 rings (SSSR count). The Morgan fingerprint density at radius 1 is 1.39 bits per heavy atom. The third kappa shape index (κ3) is 1.97. The van der Waals surface area contributed by atoms with Gasteiger partial charge in [-0.2, -0.15) is 0 Å². The molecule has 1 heterocycles. The van der Waals surface area contributed by atoms with Crippen LogP contribution in [0.4, 0.5) is 5.69 Å². The smallest absolute Gasteiger partial charge is 0.234 e. The van der Waals surface area contributed by atoms with E-state index in [4.69, 9.17) is 10.5 Å². The lowest BCUT2D eigenvalue weighted by Gasteiger charge is -2.41. The molecule has 1 aromatic rings. The number of benzene rings is 1. The summed E-state index contributed by atoms with van der Waals surface area (Å²) < 4.78 is 5.32. The maximum absolute atomic E-state index is 12.5. The number of nitrogens with zero attached hydrogens (tertiary/aromatic N) is 1. The zero-order chi connectivity index (χ0) is 13.3. The Kier molecular flexibility index (Phi) is 3.30. The standard InChI is InChI=1S/C14H20N2O2/c1-14(2)12(15)8-9-16(13(14)17)10-6-4-5-7-11(10)18-3/h4-7,12H,8-9,15H2,1-3H3. The normalized spacial score (nSPS) is 23.0. The van der Waals surface area contributed by atoms with Gasteiger partial charge in [-0.15, -0.1) is 0 Å². The molecule has 1 atom stereocenters. The van der Waals surface area contributed by atoms with E-state index in [1.807, 2.05) is 38.1 Å². The summed E-state index contributed by atoms with van der Waals surface area (Å²) in [6.45, 7) is 4.45. The number of para-hydroxylation sites is 2. The van der Waals surface area contributed by atoms with Crippen molar-refractivity contribution in [1.82, 2.24) is 0 Å². The van der Waals surface area contributed by atoms with Crippen LogP contribution in [0.15, 0.2) is 24.3 Å². The van der Waals surface area contributed by atoms with Gasteiger partial charge in [-0.3, -0.25) is 4.79 Å². The van der Waals surface area contributed by atoms with Gasteiger partial charge in [-0.1, -0.05) is 12.1 Å². The van der Waals surface area contributed by atoms with E-state index in [9.17, 15) is 4.79 Å². The zero-order valence-electron chi connectivity index (χ0n) is 11.1. The SMILES string of the molecule is COc1ccccc1N1CCC(N)C(C)(C)C1=O. The molecule has 0 saturated carbocycles. The molecule has 1 aromatic carbocycles. The second kappa shape index (κ2) is 4.61. The molecule has 4 heteroatoms. The van der Waals surface area contributed by atoms with Gasteiger partial charge in [0.25, 0.3) is 0 Å². The van der Waals surface area contributed by atoms with Gasteiger partial charge in [-0.05, 0) is 32.4 Å². The van der Waals surface area contributed by atoms with Gasteiger partial charge in [-0.25, -0.2) is 0 Å². The van der Waals surface area contributed by atoms with Crippen LogP contribution in [0.1, 0.15) is 20.3 Å². The molecule has 98 valence electrons. The summed E-state index contributed by atoms with van der Waals surface area (Å²) in [6.07, 6.45) is 0.802. The van der Waals surface area contributed by atoms with Crippen LogP contribution in [0, 0.1) is 5.41 Å². The predicted octanol–water partition coefficient (Wildman–Crippen LogP) is 1.79. The molecule has 1 aliphatic rings. The molecular formula is C14H20N2O2. The van der Waals surface area contributed by atoms with Crippen molar-refractivity contribution in [3.05, 3.63) is 24.3 Å². The summed E-state index contributed by atoms with van der Waals surface area (Å²) in [5.74, 6) is 0.780. The zero-order valence-corrected chi connectivity index (χ0v) is 11.1. The first-order chi connectivity index (χ1) is 8.48. The van der Waals surface area contributed by atoms with Gasteiger partial charge >= 0.3 is 0 Å². The Bertz CT molecular complexity index is 457. The van der Waals surface area contributed by atoms with Crippen molar-refractivity contribution in [2.24, 2.45) is 11.1 Å². The van der Waals surface area contributed by atoms with Gasteiger partial charge < -0.3 is 15.4 Å². The minimum absolute atomic E-state index is 0.0609. The minimum Gasteiger partial charge on any atom is -0.495 e. The van der Waals surface area contributed by atoms with Crippen molar-refractivity contribution in [3.8, 4) is 5.75 Å². The molecule has 18 heavy (non-hydrogen) atoms. The first kappa shape index (κ1) is 12.9. The Morgan fingerprint density at radius 3 is 2.72 bits per heavy atom. The molecule has 2 N–H and O–H groups in total. The Balaban J connectivity index is 2.37. The summed E-state index contributed by atoms with van der Waals surface area (Å²) in [6, 6.07) is 7.49. The molecule has 1 amide bonds. The van der Waals surface area contributed by atoms with E-state index in [0.29, 0.717) is 6.54 Å². The van der Waals surface area contributed by atoms with E-state index in [0.717, 1.165) is 17.9 Å². The van der Waals surface area contributed by atoms with Gasteiger partial charge in [0.15, 0.2) is 0 Å². The number of hydrogen-bond donors (Lipinski definition) is 1. The number of carbonyl (C=O) groups is 1. The number of carbonyl (C=O) groups excluding carboxylic acids is 1. The molecular weight excluding hydrogens is 228 g/mol. The molecule has 1 aliphatic heterocycles. The third-order valence-electron chi connectivity index (χ3n) is 3.76. The lowest BCUT2D eigenvalue weighted by atomic mass is 9.78. The molecule has 1 saturated heterocycles. The maximum atomic E-state index is 12.5. The van der Waals surface area contributed by atoms with Crippen LogP contribution in [-0.4, -0.2) is 25.6 Å². The summed E-state index contributed by atoms with van der Waals surface area (Å²) >= 11 is 0. The van der Waals surface area contributed by atoms with Crippen molar-refractivity contribution in [3.63, 3.8) is 0 Å². The minimum atomic E-state index is -0.529. The highest BCUT2D eigenvalue weighted by Gasteiger charge is 2.42. The molecule has 1 fully saturated rings. The van der Waals surface area contributed by atoms with Crippen LogP contribution >= 0.6 is 0 Å². The number of hydrogen-bond acceptors (Lipinski definition) is 3. The maximum Gasteiger partial charge on any atom is 0.234 e. The fourth-order valence-electron chi connectivity index (χ4n) is 2.32. The van der Waals surface area contributed by atoms with E-state index >= 15 is 0 Å². The number of piperidine rings is 1. The highest BCUT2D eigenvalue weighted by molar-refractivity contribution is 5.99. The quantitative estimate of drug-likeness (QED) is 0.868. The topological polar surface area (TPSA) is 55.6 Å². The molecule has 0 aliphatic carbocycles. The van der Waals surface area contributed by atoms with Gasteiger partial charge in [0.05, 0.1) is 18.2 Å². The van der Waals surface area contributed by atoms with Crippen LogP contribution in [0.3, 0.4) is 0 Å². The van der Waals surface area contributed by atoms with Gasteiger partial charge in [0.2, 0.25) is 5.91 Å². The fourth-order valence-corrected chi connectivity index (χ4v) is 2.32. The molecule has 4 nitrogen and oxygen atoms in total. The van der Waals surface area contributed by atoms with Crippen molar-refractivity contribution < 1.29 is 9.53 Å². The second-order valence-corrected chi connectivity index (χ2v) is 5.25. The number of nitrogens with two attached hydrogens (primary N) is 1. The summed E-state index contributed by atoms with van der Waals surface area (Å²) in [5.41, 5.74) is 6.33. The molecule has 0 aromatic heterocycles. The molecule has 0 spiro atoms. The van der Waals surface area contributed by atoms with Gasteiger partial charge in [0, 0.05) is 12.6 Å². The Labute approximate surface area is 108 Å². The molecule has 1 unspecified atom stereocenters. The van der Waals surface area contributed by atoms with Crippen LogP contribution in [0.2, 0.25) is 0 Å². The van der Waals surface area contributed by atoms with E-state index in [1.165, 1.54) is 0 Å². The number of anilines is 1. The highest BCUT2D eigenvalue weighted by atomic mass is 16.5. The fraction of sp³-hybridized carbons (Fsp3) is 0.500. The third-order valence-corrected chi connectivity index (χ3v) is 3.76. The van der Waals surface area contributed by atoms with Crippen molar-refractivity contribution in [2.45, 2.75) is 26.3 Å². The lowest BCUT2D eigenvalue weighted by Crippen LogP contribution is -2.56. The van der Waals surface area contributed by atoms with Crippen LogP contribution in [0.5, 0.6) is 5.75 Å². The molecule has 0 bridgehead atoms. The van der Waals surface area contributed by atoms with Crippen LogP contribution in [0.25, 0.3) is 0 Å². The monoisotopic (exact) mass is 248 g/mol. The van der Waals surface area contributed by atoms with Crippen LogP contribution < -0.4 is 15.4 Å². The van der Waals surface area contributed by atoms with E-state index < -0.39 is 5.41 Å². The molecule has 0 radical (unpaired) electrons. The van der Waals surface area contributed by atoms with Crippen molar-refractivity contribution in [2.75, 3.05) is 18.6 Å². The second-order valence-electron chi connectivity index (χ2n) is 5.25. The van der Waals surface area contributed by atoms with E-state index in [2.05, 4.69) is 0 Å². The summed E-state index contributed by atoms with van der Waals surface area (Å²) in [4.78, 5) is 14.3. The number of amides is 1. The van der Waals surface area contributed by atoms with E-state index in [1.54, 1.807) is 12.0 Å². The average Bonchev–Trinajstić information content (AvgIpc) is 2.37. The first-order valence-corrected chi connectivity index (χ1v) is 6.19. The predicted molar refractivity (Wildman–Crippen MR) is 71.7 cm³/mol. The number of methoxy groups -OCH3 is 1. The van der Waals surface area contributed by atoms with Crippen molar-refractivity contribution in [1.29, 1.82) is 0 Å². The van der Waals surface area contributed by atoms with Gasteiger partial charge in [0.1, 0.15) is 5.75 Å². The Morgan fingerprint density at radius 2 is 2.06 bits per heavy atom. The lowest BCUT2D eigenvalue weighted by molar-refractivity contribution is -0.129. The van der Waals surface area contributed by atoms with Crippen molar-refractivity contribution >= 4 is 11.6 Å². The largest absolute Gasteiger partial charge is 0.495 e. The first-order valence-electron chi connectivity index (χ1n) is 6.19. The van der Waals surface area contributed by atoms with E-state index in [-0.39, 0.29) is 11.9 Å². The number of ether oxygens (including phenoxy) is 1. The summed E-state index contributed by atoms with van der Waals surface area (Å²) in [7, 11) is 1.62. The Hall–Kier alpha value is -1.55. The average molecular weight is 248 g/mol. The highest BCUT2D eigenvalue weighted by Crippen LogP contribution is 2.36.